The van der Waals surface area contributed by atoms with Crippen molar-refractivity contribution in [1.29, 1.82) is 0 Å². The van der Waals surface area contributed by atoms with Gasteiger partial charge in [-0.3, -0.25) is 4.79 Å². The number of hydrogen-bond acceptors (Lipinski definition) is 2. The lowest BCUT2D eigenvalue weighted by atomic mass is 9.94. The van der Waals surface area contributed by atoms with E-state index in [4.69, 9.17) is 0 Å². The van der Waals surface area contributed by atoms with Crippen LogP contribution < -0.4 is 5.32 Å². The van der Waals surface area contributed by atoms with E-state index in [1.807, 2.05) is 6.92 Å². The first kappa shape index (κ1) is 16.4. The highest BCUT2D eigenvalue weighted by Gasteiger charge is 2.45. The summed E-state index contributed by atoms with van der Waals surface area (Å²) in [5, 5.41) is 3.14. The summed E-state index contributed by atoms with van der Waals surface area (Å²) in [7, 11) is 0. The molecule has 22 heavy (non-hydrogen) atoms. The van der Waals surface area contributed by atoms with Crippen LogP contribution in [-0.2, 0) is 12.6 Å². The van der Waals surface area contributed by atoms with E-state index in [1.54, 1.807) is 11.0 Å². The third-order valence-electron chi connectivity index (χ3n) is 4.02. The van der Waals surface area contributed by atoms with Gasteiger partial charge in [0.15, 0.2) is 0 Å². The fourth-order valence-electron chi connectivity index (χ4n) is 3.02. The summed E-state index contributed by atoms with van der Waals surface area (Å²) in [6.07, 6.45) is 4.03. The minimum absolute atomic E-state index is 0.150. The number of benzene rings is 1. The Labute approximate surface area is 127 Å². The molecule has 1 N–H and O–H groups in total. The average molecular weight is 310 g/mol. The van der Waals surface area contributed by atoms with Gasteiger partial charge in [-0.1, -0.05) is 13.0 Å². The zero-order valence-corrected chi connectivity index (χ0v) is 12.2. The zero-order valence-electron chi connectivity index (χ0n) is 12.2. The lowest BCUT2D eigenvalue weighted by molar-refractivity contribution is -0.138. The van der Waals surface area contributed by atoms with Crippen LogP contribution in [0, 0.1) is 12.8 Å². The van der Waals surface area contributed by atoms with Gasteiger partial charge in [-0.2, -0.15) is 13.2 Å². The van der Waals surface area contributed by atoms with Crippen molar-refractivity contribution < 1.29 is 18.0 Å². The third-order valence-corrected chi connectivity index (χ3v) is 4.02. The first-order chi connectivity index (χ1) is 10.4. The molecule has 0 saturated carbocycles. The van der Waals surface area contributed by atoms with Gasteiger partial charge in [0.05, 0.1) is 17.2 Å². The third kappa shape index (κ3) is 2.57. The van der Waals surface area contributed by atoms with E-state index in [9.17, 15) is 18.0 Å². The Hall–Kier alpha value is -2.00. The summed E-state index contributed by atoms with van der Waals surface area (Å²) in [4.78, 5) is 13.8. The minimum atomic E-state index is -4.49. The van der Waals surface area contributed by atoms with E-state index in [1.165, 1.54) is 0 Å². The van der Waals surface area contributed by atoms with Gasteiger partial charge < -0.3 is 10.2 Å². The number of halogens is 3. The first-order valence-electron chi connectivity index (χ1n) is 7.02. The van der Waals surface area contributed by atoms with Crippen LogP contribution in [0.15, 0.2) is 12.1 Å². The quantitative estimate of drug-likeness (QED) is 0.809. The molecule has 1 amide bonds. The van der Waals surface area contributed by atoms with Crippen LogP contribution in [0.1, 0.15) is 40.0 Å². The van der Waals surface area contributed by atoms with Crippen molar-refractivity contribution in [2.24, 2.45) is 0 Å². The maximum atomic E-state index is 13.2. The average Bonchev–Trinajstić information content (AvgIpc) is 2.81. The molecule has 3 rings (SSSR count). The van der Waals surface area contributed by atoms with E-state index in [0.717, 1.165) is 6.07 Å². The van der Waals surface area contributed by atoms with Gasteiger partial charge >= 0.3 is 6.18 Å². The summed E-state index contributed by atoms with van der Waals surface area (Å²) in [6, 6.07) is 2.60. The molecule has 0 unspecified atom stereocenters. The van der Waals surface area contributed by atoms with Crippen molar-refractivity contribution in [3.63, 3.8) is 0 Å². The van der Waals surface area contributed by atoms with Crippen LogP contribution in [0.2, 0.25) is 0 Å². The lowest BCUT2D eigenvalue weighted by Gasteiger charge is -2.30. The number of nitrogens with zero attached hydrogens (tertiary/aromatic N) is 1. The SMILES string of the molecule is C#C.CCc1cc2c(c(C(F)(F)F)c1)C(=O)N1CCNC[C@@H]21. The summed E-state index contributed by atoms with van der Waals surface area (Å²) in [5.74, 6) is -0.485. The molecule has 0 radical (unpaired) electrons. The smallest absolute Gasteiger partial charge is 0.329 e. The van der Waals surface area contributed by atoms with Gasteiger partial charge in [0.1, 0.15) is 0 Å². The monoisotopic (exact) mass is 310 g/mol. The molecule has 6 heteroatoms. The number of aryl methyl sites for hydroxylation is 1. The topological polar surface area (TPSA) is 32.3 Å². The highest BCUT2D eigenvalue weighted by molar-refractivity contribution is 6.01. The summed E-state index contributed by atoms with van der Waals surface area (Å²) in [5.41, 5.74) is 0.208. The number of amides is 1. The number of carbonyl (C=O) groups is 1. The van der Waals surface area contributed by atoms with Crippen molar-refractivity contribution in [1.82, 2.24) is 10.2 Å². The lowest BCUT2D eigenvalue weighted by Crippen LogP contribution is -2.44. The molecule has 0 aliphatic carbocycles. The molecule has 2 aliphatic rings. The number of alkyl halides is 3. The van der Waals surface area contributed by atoms with Crippen molar-refractivity contribution in [3.8, 4) is 12.8 Å². The molecule has 118 valence electrons. The summed E-state index contributed by atoms with van der Waals surface area (Å²) in [6.45, 7) is 3.41. The van der Waals surface area contributed by atoms with Crippen molar-refractivity contribution in [2.75, 3.05) is 19.6 Å². The second kappa shape index (κ2) is 6.01. The second-order valence-electron chi connectivity index (χ2n) is 5.18. The molecule has 1 fully saturated rings. The highest BCUT2D eigenvalue weighted by Crippen LogP contribution is 2.42. The first-order valence-corrected chi connectivity index (χ1v) is 7.02. The van der Waals surface area contributed by atoms with Gasteiger partial charge in [-0.25, -0.2) is 0 Å². The maximum Gasteiger partial charge on any atom is 0.417 e. The molecule has 0 spiro atoms. The van der Waals surface area contributed by atoms with Crippen molar-refractivity contribution >= 4 is 5.91 Å². The Kier molecular flexibility index (Phi) is 4.47. The molecule has 1 atom stereocenters. The molecule has 1 aromatic carbocycles. The molecular formula is C16H17F3N2O. The fourth-order valence-corrected chi connectivity index (χ4v) is 3.02. The summed E-state index contributed by atoms with van der Waals surface area (Å²) < 4.78 is 39.7. The molecule has 1 aromatic rings. The maximum absolute atomic E-state index is 13.2. The van der Waals surface area contributed by atoms with Gasteiger partial charge in [0.2, 0.25) is 0 Å². The van der Waals surface area contributed by atoms with Crippen molar-refractivity contribution in [3.05, 3.63) is 34.4 Å². The van der Waals surface area contributed by atoms with Crippen LogP contribution in [0.4, 0.5) is 13.2 Å². The van der Waals surface area contributed by atoms with Crippen LogP contribution in [-0.4, -0.2) is 30.4 Å². The largest absolute Gasteiger partial charge is 0.417 e. The van der Waals surface area contributed by atoms with E-state index < -0.39 is 17.6 Å². The predicted octanol–water partition coefficient (Wildman–Crippen LogP) is 2.62. The molecule has 2 aliphatic heterocycles. The fraction of sp³-hybridized carbons (Fsp3) is 0.438. The van der Waals surface area contributed by atoms with Crippen LogP contribution in [0.3, 0.4) is 0 Å². The van der Waals surface area contributed by atoms with Crippen LogP contribution in [0.5, 0.6) is 0 Å². The zero-order chi connectivity index (χ0) is 16.5. The van der Waals surface area contributed by atoms with Gasteiger partial charge in [0, 0.05) is 19.6 Å². The van der Waals surface area contributed by atoms with Crippen LogP contribution in [0.25, 0.3) is 0 Å². The normalized spacial score (nSPS) is 20.0. The van der Waals surface area contributed by atoms with Gasteiger partial charge in [-0.05, 0) is 23.6 Å². The number of terminal acetylenes is 1. The Morgan fingerprint density at radius 2 is 2.05 bits per heavy atom. The van der Waals surface area contributed by atoms with Gasteiger partial charge in [-0.15, -0.1) is 12.8 Å². The number of hydrogen-bond donors (Lipinski definition) is 1. The molecule has 1 saturated heterocycles. The second-order valence-corrected chi connectivity index (χ2v) is 5.18. The Bertz CT molecular complexity index is 607. The number of fused-ring (bicyclic) bond motifs is 3. The Morgan fingerprint density at radius 3 is 2.64 bits per heavy atom. The van der Waals surface area contributed by atoms with Crippen LogP contribution >= 0.6 is 0 Å². The van der Waals surface area contributed by atoms with E-state index in [-0.39, 0.29) is 11.6 Å². The highest BCUT2D eigenvalue weighted by atomic mass is 19.4. The van der Waals surface area contributed by atoms with Crippen molar-refractivity contribution in [2.45, 2.75) is 25.6 Å². The number of nitrogens with one attached hydrogen (secondary N) is 1. The minimum Gasteiger partial charge on any atom is -0.329 e. The predicted molar refractivity (Wildman–Crippen MR) is 77.4 cm³/mol. The van der Waals surface area contributed by atoms with E-state index >= 15 is 0 Å². The molecule has 3 nitrogen and oxygen atoms in total. The molecular weight excluding hydrogens is 293 g/mol. The number of carbonyl (C=O) groups excluding carboxylic acids is 1. The standard InChI is InChI=1S/C14H15F3N2O.C2H2/c1-2-8-5-9-11-7-18-3-4-19(11)13(20)12(9)10(6-8)14(15,16)17;1-2/h5-6,11,18H,2-4,7H2,1H3;1-2H/t11-;/m0./s1. The molecule has 0 bridgehead atoms. The number of rotatable bonds is 1. The number of piperazine rings is 1. The Morgan fingerprint density at radius 1 is 1.36 bits per heavy atom. The Balaban J connectivity index is 0.000000847. The molecule has 0 aromatic heterocycles. The summed E-state index contributed by atoms with van der Waals surface area (Å²) >= 11 is 0. The van der Waals surface area contributed by atoms with E-state index in [2.05, 4.69) is 18.2 Å². The van der Waals surface area contributed by atoms with E-state index in [0.29, 0.717) is 37.2 Å². The molecule has 2 heterocycles. The van der Waals surface area contributed by atoms with Gasteiger partial charge in [0.25, 0.3) is 5.91 Å².